The number of hydrogen-bond donors (Lipinski definition) is 2. The molecule has 0 aromatic carbocycles. The molecule has 0 radical (unpaired) electrons. The quantitative estimate of drug-likeness (QED) is 0.913. The van der Waals surface area contributed by atoms with Gasteiger partial charge in [-0.25, -0.2) is 4.79 Å². The summed E-state index contributed by atoms with van der Waals surface area (Å²) in [4.78, 5) is 18.4. The van der Waals surface area contributed by atoms with Crippen molar-refractivity contribution < 1.29 is 14.3 Å². The second kappa shape index (κ2) is 6.19. The van der Waals surface area contributed by atoms with E-state index in [0.717, 1.165) is 6.42 Å². The van der Waals surface area contributed by atoms with Crippen LogP contribution in [0.15, 0.2) is 41.1 Å². The number of likely N-dealkylation sites (tertiary alicyclic amines) is 1. The number of urea groups is 1. The molecule has 1 fully saturated rings. The van der Waals surface area contributed by atoms with Crippen LogP contribution in [0.1, 0.15) is 13.3 Å². The van der Waals surface area contributed by atoms with Crippen LogP contribution in [0.5, 0.6) is 0 Å². The lowest BCUT2D eigenvalue weighted by molar-refractivity contribution is 0.130. The number of carbonyl (C=O) groups is 1. The van der Waals surface area contributed by atoms with Crippen molar-refractivity contribution in [2.45, 2.75) is 19.4 Å². The van der Waals surface area contributed by atoms with Crippen LogP contribution in [0.4, 0.5) is 10.5 Å². The Morgan fingerprint density at radius 1 is 1.50 bits per heavy atom. The number of nitrogens with one attached hydrogen (secondary N) is 1. The molecule has 1 aliphatic heterocycles. The van der Waals surface area contributed by atoms with Gasteiger partial charge in [-0.05, 0) is 37.6 Å². The predicted octanol–water partition coefficient (Wildman–Crippen LogP) is 2.58. The molecule has 0 unspecified atom stereocenters. The standard InChI is InChI=1S/C16H19N3O3/c1-11(20)12-6-8-19(10-12)16(21)18-13-4-2-7-17-15(13)14-5-3-9-22-14/h2-5,7,9,11-12,20H,6,8,10H2,1H3,(H,18,21)/t11-,12-/m0/s1. The summed E-state index contributed by atoms with van der Waals surface area (Å²) < 4.78 is 5.36. The Bertz CT molecular complexity index is 640. The zero-order valence-electron chi connectivity index (χ0n) is 12.4. The number of anilines is 1. The molecule has 0 bridgehead atoms. The molecule has 6 nitrogen and oxygen atoms in total. The maximum atomic E-state index is 12.4. The van der Waals surface area contributed by atoms with E-state index in [1.807, 2.05) is 0 Å². The van der Waals surface area contributed by atoms with Crippen LogP contribution in [0, 0.1) is 5.92 Å². The molecular weight excluding hydrogens is 282 g/mol. The lowest BCUT2D eigenvalue weighted by Crippen LogP contribution is -2.34. The van der Waals surface area contributed by atoms with Gasteiger partial charge in [0.15, 0.2) is 5.76 Å². The summed E-state index contributed by atoms with van der Waals surface area (Å²) >= 11 is 0. The Morgan fingerprint density at radius 2 is 2.36 bits per heavy atom. The summed E-state index contributed by atoms with van der Waals surface area (Å²) in [5.74, 6) is 0.753. The molecule has 2 aromatic heterocycles. The van der Waals surface area contributed by atoms with Gasteiger partial charge in [0.25, 0.3) is 0 Å². The molecule has 2 atom stereocenters. The van der Waals surface area contributed by atoms with Crippen molar-refractivity contribution >= 4 is 11.7 Å². The third kappa shape index (κ3) is 2.96. The molecule has 1 aliphatic rings. The van der Waals surface area contributed by atoms with E-state index in [-0.39, 0.29) is 11.9 Å². The van der Waals surface area contributed by atoms with Crippen molar-refractivity contribution in [1.29, 1.82) is 0 Å². The van der Waals surface area contributed by atoms with Gasteiger partial charge < -0.3 is 19.7 Å². The third-order valence-corrected chi connectivity index (χ3v) is 4.00. The molecule has 6 heteroatoms. The van der Waals surface area contributed by atoms with Crippen LogP contribution in [0.2, 0.25) is 0 Å². The Kier molecular flexibility index (Phi) is 4.11. The number of aliphatic hydroxyl groups excluding tert-OH is 1. The lowest BCUT2D eigenvalue weighted by Gasteiger charge is -2.19. The number of furan rings is 1. The largest absolute Gasteiger partial charge is 0.463 e. The zero-order valence-corrected chi connectivity index (χ0v) is 12.4. The molecule has 3 heterocycles. The minimum Gasteiger partial charge on any atom is -0.463 e. The Morgan fingerprint density at radius 3 is 3.05 bits per heavy atom. The first-order chi connectivity index (χ1) is 10.6. The third-order valence-electron chi connectivity index (χ3n) is 4.00. The van der Waals surface area contributed by atoms with Crippen LogP contribution >= 0.6 is 0 Å². The van der Waals surface area contributed by atoms with Gasteiger partial charge in [-0.1, -0.05) is 0 Å². The summed E-state index contributed by atoms with van der Waals surface area (Å²) in [6.07, 6.45) is 3.66. The molecule has 116 valence electrons. The summed E-state index contributed by atoms with van der Waals surface area (Å²) in [6.45, 7) is 2.99. The number of pyridine rings is 1. The molecule has 2 amide bonds. The zero-order chi connectivity index (χ0) is 15.5. The smallest absolute Gasteiger partial charge is 0.321 e. The van der Waals surface area contributed by atoms with Gasteiger partial charge in [0.1, 0.15) is 5.69 Å². The summed E-state index contributed by atoms with van der Waals surface area (Å²) in [5.41, 5.74) is 1.22. The minimum absolute atomic E-state index is 0.143. The molecule has 2 aromatic rings. The average molecular weight is 301 g/mol. The van der Waals surface area contributed by atoms with Crippen molar-refractivity contribution in [3.8, 4) is 11.5 Å². The molecule has 1 saturated heterocycles. The highest BCUT2D eigenvalue weighted by molar-refractivity contribution is 5.93. The maximum Gasteiger partial charge on any atom is 0.321 e. The van der Waals surface area contributed by atoms with Crippen LogP contribution in [-0.4, -0.2) is 40.2 Å². The highest BCUT2D eigenvalue weighted by Gasteiger charge is 2.29. The van der Waals surface area contributed by atoms with Crippen molar-refractivity contribution in [3.05, 3.63) is 36.7 Å². The first-order valence-electron chi connectivity index (χ1n) is 7.38. The van der Waals surface area contributed by atoms with Gasteiger partial charge in [-0.2, -0.15) is 0 Å². The minimum atomic E-state index is -0.394. The van der Waals surface area contributed by atoms with Gasteiger partial charge in [0, 0.05) is 25.2 Å². The molecule has 3 rings (SSSR count). The van der Waals surface area contributed by atoms with Gasteiger partial charge in [0.2, 0.25) is 0 Å². The molecule has 22 heavy (non-hydrogen) atoms. The molecule has 0 saturated carbocycles. The maximum absolute atomic E-state index is 12.4. The van der Waals surface area contributed by atoms with Crippen molar-refractivity contribution in [2.75, 3.05) is 18.4 Å². The second-order valence-electron chi connectivity index (χ2n) is 5.54. The topological polar surface area (TPSA) is 78.6 Å². The van der Waals surface area contributed by atoms with E-state index in [2.05, 4.69) is 10.3 Å². The molecule has 0 aliphatic carbocycles. The van der Waals surface area contributed by atoms with E-state index < -0.39 is 6.10 Å². The number of amides is 2. The summed E-state index contributed by atoms with van der Waals surface area (Å²) in [7, 11) is 0. The fraction of sp³-hybridized carbons (Fsp3) is 0.375. The van der Waals surface area contributed by atoms with E-state index in [9.17, 15) is 9.90 Å². The normalized spacial score (nSPS) is 19.2. The number of hydrogen-bond acceptors (Lipinski definition) is 4. The molecule has 2 N–H and O–H groups in total. The van der Waals surface area contributed by atoms with E-state index in [1.54, 1.807) is 48.5 Å². The number of rotatable bonds is 3. The summed E-state index contributed by atoms with van der Waals surface area (Å²) in [5, 5.41) is 12.5. The van der Waals surface area contributed by atoms with Crippen LogP contribution in [-0.2, 0) is 0 Å². The van der Waals surface area contributed by atoms with Crippen LogP contribution in [0.25, 0.3) is 11.5 Å². The van der Waals surface area contributed by atoms with E-state index in [0.29, 0.717) is 30.2 Å². The van der Waals surface area contributed by atoms with E-state index in [4.69, 9.17) is 4.42 Å². The first-order valence-corrected chi connectivity index (χ1v) is 7.38. The highest BCUT2D eigenvalue weighted by Crippen LogP contribution is 2.27. The monoisotopic (exact) mass is 301 g/mol. The van der Waals surface area contributed by atoms with Crippen molar-refractivity contribution in [2.24, 2.45) is 5.92 Å². The van der Waals surface area contributed by atoms with E-state index >= 15 is 0 Å². The predicted molar refractivity (Wildman–Crippen MR) is 82.3 cm³/mol. The van der Waals surface area contributed by atoms with Gasteiger partial charge in [-0.15, -0.1) is 0 Å². The Hall–Kier alpha value is -2.34. The number of nitrogens with zero attached hydrogens (tertiary/aromatic N) is 2. The number of carbonyl (C=O) groups excluding carboxylic acids is 1. The van der Waals surface area contributed by atoms with Gasteiger partial charge in [-0.3, -0.25) is 4.98 Å². The Labute approximate surface area is 128 Å². The number of aromatic nitrogens is 1. The van der Waals surface area contributed by atoms with Crippen molar-refractivity contribution in [1.82, 2.24) is 9.88 Å². The van der Waals surface area contributed by atoms with Gasteiger partial charge in [0.05, 0.1) is 18.1 Å². The van der Waals surface area contributed by atoms with Gasteiger partial charge >= 0.3 is 6.03 Å². The van der Waals surface area contributed by atoms with Crippen molar-refractivity contribution in [3.63, 3.8) is 0 Å². The van der Waals surface area contributed by atoms with Crippen LogP contribution < -0.4 is 5.32 Å². The fourth-order valence-electron chi connectivity index (χ4n) is 2.68. The number of aliphatic hydroxyl groups is 1. The first kappa shape index (κ1) is 14.6. The molecular formula is C16H19N3O3. The molecule has 0 spiro atoms. The fourth-order valence-corrected chi connectivity index (χ4v) is 2.68. The summed E-state index contributed by atoms with van der Waals surface area (Å²) in [6, 6.07) is 6.97. The lowest BCUT2D eigenvalue weighted by atomic mass is 10.0. The Balaban J connectivity index is 1.73. The average Bonchev–Trinajstić information content (AvgIpc) is 3.19. The van der Waals surface area contributed by atoms with E-state index in [1.165, 1.54) is 0 Å². The van der Waals surface area contributed by atoms with Crippen LogP contribution in [0.3, 0.4) is 0 Å². The second-order valence-corrected chi connectivity index (χ2v) is 5.54. The SMILES string of the molecule is C[C@H](O)[C@H]1CCN(C(=O)Nc2cccnc2-c2ccco2)C1. The highest BCUT2D eigenvalue weighted by atomic mass is 16.3.